The van der Waals surface area contributed by atoms with Gasteiger partial charge in [0.2, 0.25) is 0 Å². The van der Waals surface area contributed by atoms with E-state index in [9.17, 15) is 23.3 Å². The van der Waals surface area contributed by atoms with E-state index in [-0.39, 0.29) is 17.9 Å². The fourth-order valence-electron chi connectivity index (χ4n) is 1.63. The van der Waals surface area contributed by atoms with Gasteiger partial charge in [-0.15, -0.1) is 0 Å². The van der Waals surface area contributed by atoms with Gasteiger partial charge in [0.15, 0.2) is 0 Å². The molecule has 0 saturated carbocycles. The number of hydrogen-bond acceptors (Lipinski definition) is 4. The van der Waals surface area contributed by atoms with Gasteiger partial charge in [-0.1, -0.05) is 6.07 Å². The van der Waals surface area contributed by atoms with E-state index in [1.54, 1.807) is 0 Å². The summed E-state index contributed by atoms with van der Waals surface area (Å²) in [5.74, 6) is 0. The average molecular weight is 278 g/mol. The van der Waals surface area contributed by atoms with Crippen LogP contribution in [0.2, 0.25) is 0 Å². The third-order valence-corrected chi connectivity index (χ3v) is 2.49. The van der Waals surface area contributed by atoms with Crippen molar-refractivity contribution in [1.29, 1.82) is 0 Å². The molecule has 19 heavy (non-hydrogen) atoms. The Kier molecular flexibility index (Phi) is 4.71. The molecular weight excluding hydrogens is 265 g/mol. The summed E-state index contributed by atoms with van der Waals surface area (Å²) in [6.45, 7) is -0.493. The van der Waals surface area contributed by atoms with Crippen molar-refractivity contribution in [3.8, 4) is 0 Å². The van der Waals surface area contributed by atoms with Crippen molar-refractivity contribution in [3.05, 3.63) is 33.9 Å². The Labute approximate surface area is 107 Å². The number of nitro benzene ring substituents is 1. The third kappa shape index (κ3) is 4.40. The number of aryl methyl sites for hydroxylation is 1. The molecule has 0 spiro atoms. The maximum absolute atomic E-state index is 12.4. The summed E-state index contributed by atoms with van der Waals surface area (Å²) in [4.78, 5) is 11.0. The number of nitro groups is 1. The topological polar surface area (TPSA) is 66.6 Å². The van der Waals surface area contributed by atoms with Crippen molar-refractivity contribution in [2.24, 2.45) is 0 Å². The first-order valence-corrected chi connectivity index (χ1v) is 5.42. The summed E-state index contributed by atoms with van der Waals surface area (Å²) in [7, 11) is 0. The molecule has 0 aromatic heterocycles. The van der Waals surface area contributed by atoms with Gasteiger partial charge in [-0.2, -0.15) is 13.2 Å². The molecule has 8 heteroatoms. The van der Waals surface area contributed by atoms with Crippen molar-refractivity contribution >= 4 is 11.4 Å². The van der Waals surface area contributed by atoms with E-state index in [1.807, 2.05) is 0 Å². The molecule has 0 fully saturated rings. The molecule has 0 aliphatic carbocycles. The lowest BCUT2D eigenvalue weighted by Gasteiger charge is -2.25. The molecule has 0 bridgehead atoms. The van der Waals surface area contributed by atoms with Crippen LogP contribution in [0.15, 0.2) is 18.2 Å². The van der Waals surface area contributed by atoms with Crippen molar-refractivity contribution in [3.63, 3.8) is 0 Å². The molecule has 0 aliphatic rings. The molecule has 0 heterocycles. The van der Waals surface area contributed by atoms with Crippen molar-refractivity contribution in [1.82, 2.24) is 0 Å². The highest BCUT2D eigenvalue weighted by atomic mass is 19.4. The van der Waals surface area contributed by atoms with Crippen LogP contribution in [0.3, 0.4) is 0 Å². The lowest BCUT2D eigenvalue weighted by atomic mass is 10.1. The number of hydrogen-bond donors (Lipinski definition) is 1. The average Bonchev–Trinajstić information content (AvgIpc) is 2.27. The zero-order valence-electron chi connectivity index (χ0n) is 10.1. The van der Waals surface area contributed by atoms with E-state index >= 15 is 0 Å². The van der Waals surface area contributed by atoms with Crippen LogP contribution in [-0.2, 0) is 0 Å². The standard InChI is InChI=1S/C11H13F3N2O3/c1-8-2-3-9(6-10(8)16(18)19)15(4-5-17)7-11(12,13)14/h2-3,6,17H,4-5,7H2,1H3. The second-order valence-corrected chi connectivity index (χ2v) is 3.99. The molecule has 0 atom stereocenters. The van der Waals surface area contributed by atoms with Crippen LogP contribution < -0.4 is 4.90 Å². The molecule has 5 nitrogen and oxygen atoms in total. The summed E-state index contributed by atoms with van der Waals surface area (Å²) in [6, 6.07) is 3.83. The van der Waals surface area contributed by atoms with Crippen LogP contribution >= 0.6 is 0 Å². The molecule has 0 amide bonds. The van der Waals surface area contributed by atoms with E-state index in [0.29, 0.717) is 5.56 Å². The number of aliphatic hydroxyl groups excluding tert-OH is 1. The molecule has 1 aromatic carbocycles. The zero-order valence-corrected chi connectivity index (χ0v) is 10.1. The molecule has 0 radical (unpaired) electrons. The van der Waals surface area contributed by atoms with Gasteiger partial charge in [0.05, 0.1) is 11.5 Å². The lowest BCUT2D eigenvalue weighted by Crippen LogP contribution is -2.36. The van der Waals surface area contributed by atoms with Gasteiger partial charge in [-0.25, -0.2) is 0 Å². The largest absolute Gasteiger partial charge is 0.405 e. The van der Waals surface area contributed by atoms with Gasteiger partial charge < -0.3 is 10.0 Å². The zero-order chi connectivity index (χ0) is 14.6. The predicted molar refractivity (Wildman–Crippen MR) is 63.2 cm³/mol. The molecular formula is C11H13F3N2O3. The van der Waals surface area contributed by atoms with Gasteiger partial charge in [0.25, 0.3) is 5.69 Å². The van der Waals surface area contributed by atoms with Gasteiger partial charge in [0, 0.05) is 23.9 Å². The number of nitrogens with zero attached hydrogens (tertiary/aromatic N) is 2. The number of halogens is 3. The number of anilines is 1. The second kappa shape index (κ2) is 5.87. The number of rotatable bonds is 5. The van der Waals surface area contributed by atoms with E-state index in [2.05, 4.69) is 0 Å². The third-order valence-electron chi connectivity index (χ3n) is 2.49. The predicted octanol–water partition coefficient (Wildman–Crippen LogP) is 2.26. The van der Waals surface area contributed by atoms with E-state index in [0.717, 1.165) is 11.0 Å². The van der Waals surface area contributed by atoms with Crippen molar-refractivity contribution < 1.29 is 23.2 Å². The van der Waals surface area contributed by atoms with Crippen molar-refractivity contribution in [2.45, 2.75) is 13.1 Å². The van der Waals surface area contributed by atoms with Gasteiger partial charge in [0.1, 0.15) is 6.54 Å². The van der Waals surface area contributed by atoms with Crippen LogP contribution in [0, 0.1) is 17.0 Å². The van der Waals surface area contributed by atoms with Gasteiger partial charge in [-0.3, -0.25) is 10.1 Å². The lowest BCUT2D eigenvalue weighted by molar-refractivity contribution is -0.385. The van der Waals surface area contributed by atoms with Crippen LogP contribution in [0.25, 0.3) is 0 Å². The first-order chi connectivity index (χ1) is 8.74. The molecule has 0 saturated heterocycles. The van der Waals surface area contributed by atoms with E-state index in [4.69, 9.17) is 5.11 Å². The smallest absolute Gasteiger partial charge is 0.395 e. The molecule has 1 rings (SSSR count). The SMILES string of the molecule is Cc1ccc(N(CCO)CC(F)(F)F)cc1[N+](=O)[O-]. The Morgan fingerprint density at radius 2 is 2.05 bits per heavy atom. The minimum Gasteiger partial charge on any atom is -0.395 e. The maximum atomic E-state index is 12.4. The molecule has 0 unspecified atom stereocenters. The second-order valence-electron chi connectivity index (χ2n) is 3.99. The summed E-state index contributed by atoms with van der Waals surface area (Å²) < 4.78 is 37.2. The minimum absolute atomic E-state index is 0.0590. The van der Waals surface area contributed by atoms with Crippen LogP contribution in [0.4, 0.5) is 24.5 Å². The Morgan fingerprint density at radius 1 is 1.42 bits per heavy atom. The fraction of sp³-hybridized carbons (Fsp3) is 0.455. The Hall–Kier alpha value is -1.83. The van der Waals surface area contributed by atoms with E-state index < -0.39 is 24.3 Å². The highest BCUT2D eigenvalue weighted by Gasteiger charge is 2.31. The summed E-state index contributed by atoms with van der Waals surface area (Å²) >= 11 is 0. The quantitative estimate of drug-likeness (QED) is 0.662. The number of aliphatic hydroxyl groups is 1. The van der Waals surface area contributed by atoms with Crippen LogP contribution in [-0.4, -0.2) is 35.9 Å². The first-order valence-electron chi connectivity index (χ1n) is 5.42. The molecule has 1 N–H and O–H groups in total. The molecule has 1 aromatic rings. The highest BCUT2D eigenvalue weighted by Crippen LogP contribution is 2.27. The number of benzene rings is 1. The van der Waals surface area contributed by atoms with Gasteiger partial charge >= 0.3 is 6.18 Å². The summed E-state index contributed by atoms with van der Waals surface area (Å²) in [5.41, 5.74) is 0.177. The van der Waals surface area contributed by atoms with Crippen molar-refractivity contribution in [2.75, 3.05) is 24.6 Å². The van der Waals surface area contributed by atoms with Gasteiger partial charge in [-0.05, 0) is 13.0 Å². The van der Waals surface area contributed by atoms with Crippen LogP contribution in [0.1, 0.15) is 5.56 Å². The highest BCUT2D eigenvalue weighted by molar-refractivity contribution is 5.56. The minimum atomic E-state index is -4.45. The number of alkyl halides is 3. The molecule has 0 aliphatic heterocycles. The van der Waals surface area contributed by atoms with E-state index in [1.165, 1.54) is 19.1 Å². The summed E-state index contributed by atoms with van der Waals surface area (Å²) in [6.07, 6.45) is -4.45. The Balaban J connectivity index is 3.09. The van der Waals surface area contributed by atoms with Crippen LogP contribution in [0.5, 0.6) is 0 Å². The Morgan fingerprint density at radius 3 is 2.53 bits per heavy atom. The first kappa shape index (κ1) is 15.2. The monoisotopic (exact) mass is 278 g/mol. The Bertz CT molecular complexity index is 463. The maximum Gasteiger partial charge on any atom is 0.405 e. The normalized spacial score (nSPS) is 11.4. The fourth-order valence-corrected chi connectivity index (χ4v) is 1.63. The summed E-state index contributed by atoms with van der Waals surface area (Å²) in [5, 5.41) is 19.5. The molecule has 106 valence electrons.